The van der Waals surface area contributed by atoms with Gasteiger partial charge < -0.3 is 15.7 Å². The molecule has 0 aliphatic carbocycles. The molecule has 0 fully saturated rings. The molecule has 0 spiro atoms. The lowest BCUT2D eigenvalue weighted by atomic mass is 9.95. The summed E-state index contributed by atoms with van der Waals surface area (Å²) in [5.41, 5.74) is -0.0145. The zero-order chi connectivity index (χ0) is 19.8. The zero-order valence-electron chi connectivity index (χ0n) is 14.6. The average molecular weight is 377 g/mol. The number of amides is 1. The summed E-state index contributed by atoms with van der Waals surface area (Å²) in [5, 5.41) is 15.6. The third-order valence-corrected chi connectivity index (χ3v) is 4.28. The van der Waals surface area contributed by atoms with Crippen LogP contribution in [-0.4, -0.2) is 23.1 Å². The van der Waals surface area contributed by atoms with Crippen LogP contribution in [0.1, 0.15) is 31.0 Å². The Kier molecular flexibility index (Phi) is 4.93. The van der Waals surface area contributed by atoms with E-state index >= 15 is 0 Å². The Morgan fingerprint density at radius 2 is 1.89 bits per heavy atom. The molecule has 3 N–H and O–H groups in total. The van der Waals surface area contributed by atoms with Crippen molar-refractivity contribution in [2.24, 2.45) is 4.99 Å². The molecule has 27 heavy (non-hydrogen) atoms. The Balaban J connectivity index is 1.91. The number of aliphatic hydroxyl groups excluding tert-OH is 1. The summed E-state index contributed by atoms with van der Waals surface area (Å²) in [6, 6.07) is 8.06. The van der Waals surface area contributed by atoms with Gasteiger partial charge in [-0.3, -0.25) is 4.79 Å². The highest BCUT2D eigenvalue weighted by atomic mass is 19.4. The van der Waals surface area contributed by atoms with E-state index in [2.05, 4.69) is 15.6 Å². The van der Waals surface area contributed by atoms with Gasteiger partial charge in [-0.05, 0) is 42.3 Å². The lowest BCUT2D eigenvalue weighted by Gasteiger charge is -2.21. The molecule has 1 amide bonds. The highest BCUT2D eigenvalue weighted by Gasteiger charge is 2.33. The maximum absolute atomic E-state index is 13.3. The van der Waals surface area contributed by atoms with E-state index in [1.54, 1.807) is 32.0 Å². The lowest BCUT2D eigenvalue weighted by Crippen LogP contribution is -2.38. The molecule has 3 rings (SSSR count). The molecule has 1 heterocycles. The molecule has 5 nitrogen and oxygen atoms in total. The Morgan fingerprint density at radius 1 is 1.22 bits per heavy atom. The number of carbonyl (C=O) groups is 1. The van der Waals surface area contributed by atoms with Gasteiger partial charge in [-0.15, -0.1) is 0 Å². The number of amidine groups is 1. The Bertz CT molecular complexity index is 951. The third kappa shape index (κ3) is 3.95. The molecule has 8 heteroatoms. The molecule has 1 aliphatic rings. The minimum absolute atomic E-state index is 0.0806. The highest BCUT2D eigenvalue weighted by Crippen LogP contribution is 2.37. The Hall–Kier alpha value is -2.87. The molecule has 142 valence electrons. The normalized spacial score (nSPS) is 18.4. The monoisotopic (exact) mass is 377 g/mol. The van der Waals surface area contributed by atoms with Crippen molar-refractivity contribution in [3.8, 4) is 0 Å². The van der Waals surface area contributed by atoms with E-state index in [0.29, 0.717) is 16.8 Å². The molecule has 2 atom stereocenters. The summed E-state index contributed by atoms with van der Waals surface area (Å²) in [5.74, 6) is -0.0948. The highest BCUT2D eigenvalue weighted by molar-refractivity contribution is 5.99. The second-order valence-corrected chi connectivity index (χ2v) is 6.27. The summed E-state index contributed by atoms with van der Waals surface area (Å²) < 4.78 is 39.8. The van der Waals surface area contributed by atoms with Gasteiger partial charge in [0, 0.05) is 0 Å². The van der Waals surface area contributed by atoms with Crippen LogP contribution in [0.25, 0.3) is 10.8 Å². The number of carbonyl (C=O) groups excluding carboxylic acids is 1. The summed E-state index contributed by atoms with van der Waals surface area (Å²) in [6.07, 6.45) is -4.32. The zero-order valence-corrected chi connectivity index (χ0v) is 14.6. The van der Waals surface area contributed by atoms with Gasteiger partial charge in [-0.1, -0.05) is 30.3 Å². The number of aliphatic imine (C=N–C) groups is 1. The van der Waals surface area contributed by atoms with Crippen LogP contribution in [0.15, 0.2) is 53.2 Å². The molecule has 2 aromatic carbocycles. The predicted molar refractivity (Wildman–Crippen MR) is 95.8 cm³/mol. The number of halogens is 3. The topological polar surface area (TPSA) is 73.7 Å². The van der Waals surface area contributed by atoms with Gasteiger partial charge in [0.1, 0.15) is 11.5 Å². The largest absolute Gasteiger partial charge is 0.417 e. The second-order valence-electron chi connectivity index (χ2n) is 6.27. The first-order chi connectivity index (χ1) is 12.7. The van der Waals surface area contributed by atoms with Gasteiger partial charge in [-0.25, -0.2) is 4.99 Å². The van der Waals surface area contributed by atoms with Gasteiger partial charge in [0.25, 0.3) is 5.91 Å². The first kappa shape index (κ1) is 18.9. The maximum atomic E-state index is 13.3. The number of aliphatic hydroxyl groups is 1. The van der Waals surface area contributed by atoms with Crippen LogP contribution in [0.2, 0.25) is 0 Å². The lowest BCUT2D eigenvalue weighted by molar-refractivity contribution is -0.136. The van der Waals surface area contributed by atoms with Gasteiger partial charge in [0.15, 0.2) is 6.23 Å². The summed E-state index contributed by atoms with van der Waals surface area (Å²) in [6.45, 7) is 3.30. The fourth-order valence-electron chi connectivity index (χ4n) is 3.09. The molecule has 0 aromatic heterocycles. The number of benzene rings is 2. The Morgan fingerprint density at radius 3 is 2.52 bits per heavy atom. The van der Waals surface area contributed by atoms with Crippen molar-refractivity contribution in [1.29, 1.82) is 0 Å². The van der Waals surface area contributed by atoms with Crippen LogP contribution in [0.4, 0.5) is 13.2 Å². The second kappa shape index (κ2) is 7.03. The molecule has 0 radical (unpaired) electrons. The predicted octanol–water partition coefficient (Wildman–Crippen LogP) is 3.26. The number of fused-ring (bicyclic) bond motifs is 1. The van der Waals surface area contributed by atoms with Gasteiger partial charge >= 0.3 is 6.18 Å². The van der Waals surface area contributed by atoms with E-state index in [4.69, 9.17) is 0 Å². The molecular formula is C19H18F3N3O2. The summed E-state index contributed by atoms with van der Waals surface area (Å²) in [4.78, 5) is 16.3. The van der Waals surface area contributed by atoms with Gasteiger partial charge in [0.05, 0.1) is 11.6 Å². The van der Waals surface area contributed by atoms with Crippen molar-refractivity contribution in [3.05, 3.63) is 59.3 Å². The van der Waals surface area contributed by atoms with E-state index in [1.807, 2.05) is 0 Å². The minimum atomic E-state index is -4.46. The van der Waals surface area contributed by atoms with Crippen molar-refractivity contribution in [2.45, 2.75) is 32.3 Å². The van der Waals surface area contributed by atoms with E-state index in [0.717, 1.165) is 6.07 Å². The van der Waals surface area contributed by atoms with Crippen LogP contribution in [0.3, 0.4) is 0 Å². The van der Waals surface area contributed by atoms with Crippen molar-refractivity contribution in [3.63, 3.8) is 0 Å². The summed E-state index contributed by atoms with van der Waals surface area (Å²) >= 11 is 0. The molecule has 0 saturated carbocycles. The minimum Gasteiger partial charge on any atom is -0.368 e. The standard InChI is InChI=1S/C19H18F3N3O2/c1-10(23-18(27)16-9-17(26)25-11(2)24-16)12-7-8-15(19(20,21)22)14-6-4-3-5-13(12)14/h3-10,17,26H,1-2H3,(H,23,27)(H,24,25)/t10-,17?/m1/s1. The maximum Gasteiger partial charge on any atom is 0.417 e. The van der Waals surface area contributed by atoms with Gasteiger partial charge in [-0.2, -0.15) is 13.2 Å². The number of hydrogen-bond donors (Lipinski definition) is 3. The van der Waals surface area contributed by atoms with Crippen LogP contribution < -0.4 is 10.6 Å². The van der Waals surface area contributed by atoms with E-state index < -0.39 is 29.9 Å². The molecule has 2 aromatic rings. The molecule has 0 bridgehead atoms. The fourth-order valence-corrected chi connectivity index (χ4v) is 3.09. The Labute approximate surface area is 153 Å². The molecule has 0 saturated heterocycles. The quantitative estimate of drug-likeness (QED) is 0.769. The van der Waals surface area contributed by atoms with E-state index in [1.165, 1.54) is 18.2 Å². The van der Waals surface area contributed by atoms with Crippen molar-refractivity contribution in [1.82, 2.24) is 10.6 Å². The smallest absolute Gasteiger partial charge is 0.368 e. The third-order valence-electron chi connectivity index (χ3n) is 4.28. The number of nitrogens with one attached hydrogen (secondary N) is 2. The molecule has 1 aliphatic heterocycles. The van der Waals surface area contributed by atoms with Gasteiger partial charge in [0.2, 0.25) is 0 Å². The van der Waals surface area contributed by atoms with Crippen LogP contribution >= 0.6 is 0 Å². The average Bonchev–Trinajstić information content (AvgIpc) is 2.58. The molecule has 1 unspecified atom stereocenters. The van der Waals surface area contributed by atoms with Crippen LogP contribution in [-0.2, 0) is 11.0 Å². The number of rotatable bonds is 3. The van der Waals surface area contributed by atoms with Crippen LogP contribution in [0.5, 0.6) is 0 Å². The van der Waals surface area contributed by atoms with Crippen molar-refractivity contribution >= 4 is 22.5 Å². The van der Waals surface area contributed by atoms with E-state index in [-0.39, 0.29) is 11.1 Å². The number of alkyl halides is 3. The van der Waals surface area contributed by atoms with Crippen molar-refractivity contribution in [2.75, 3.05) is 0 Å². The fraction of sp³-hybridized carbons (Fsp3) is 0.263. The van der Waals surface area contributed by atoms with E-state index in [9.17, 15) is 23.1 Å². The first-order valence-electron chi connectivity index (χ1n) is 8.28. The number of hydrogen-bond acceptors (Lipinski definition) is 4. The molecular weight excluding hydrogens is 359 g/mol. The first-order valence-corrected chi connectivity index (χ1v) is 8.28. The number of nitrogens with zero attached hydrogens (tertiary/aromatic N) is 1. The SMILES string of the molecule is CC1=NC(O)C=C(C(=O)N[C@H](C)c2ccc(C(F)(F)F)c3ccccc23)N1. The summed E-state index contributed by atoms with van der Waals surface area (Å²) in [7, 11) is 0. The van der Waals surface area contributed by atoms with Crippen LogP contribution in [0, 0.1) is 0 Å². The van der Waals surface area contributed by atoms with Crippen molar-refractivity contribution < 1.29 is 23.1 Å².